The number of benzene rings is 1. The summed E-state index contributed by atoms with van der Waals surface area (Å²) in [4.78, 5) is 0. The number of aryl methyl sites for hydroxylation is 1. The van der Waals surface area contributed by atoms with E-state index in [2.05, 4.69) is 10.3 Å². The molecule has 3 rings (SSSR count). The van der Waals surface area contributed by atoms with Crippen LogP contribution in [-0.2, 0) is 4.74 Å². The molecule has 1 N–H and O–H groups in total. The molecule has 1 aromatic carbocycles. The second-order valence-corrected chi connectivity index (χ2v) is 5.53. The maximum absolute atomic E-state index is 13.5. The van der Waals surface area contributed by atoms with Crippen LogP contribution in [-0.4, -0.2) is 39.4 Å². The van der Waals surface area contributed by atoms with Crippen LogP contribution in [0.4, 0.5) is 8.78 Å². The van der Waals surface area contributed by atoms with Crippen molar-refractivity contribution in [3.63, 3.8) is 0 Å². The van der Waals surface area contributed by atoms with Crippen molar-refractivity contribution in [2.24, 2.45) is 0 Å². The van der Waals surface area contributed by atoms with Crippen LogP contribution in [0.1, 0.15) is 24.4 Å². The minimum absolute atomic E-state index is 0.0274. The van der Waals surface area contributed by atoms with Crippen LogP contribution in [0.15, 0.2) is 18.3 Å². The topological polar surface area (TPSA) is 60.2 Å². The average Bonchev–Trinajstić information content (AvgIpc) is 3.02. The lowest BCUT2D eigenvalue weighted by Gasteiger charge is -2.28. The number of aliphatic hydroxyl groups is 1. The number of ether oxygens (including phenoxy) is 1. The van der Waals surface area contributed by atoms with Gasteiger partial charge in [-0.15, -0.1) is 5.10 Å². The van der Waals surface area contributed by atoms with Crippen LogP contribution >= 0.6 is 0 Å². The van der Waals surface area contributed by atoms with E-state index in [9.17, 15) is 13.9 Å². The van der Waals surface area contributed by atoms with Crippen molar-refractivity contribution in [1.82, 2.24) is 15.0 Å². The summed E-state index contributed by atoms with van der Waals surface area (Å²) in [5.41, 5.74) is 1.22. The van der Waals surface area contributed by atoms with Gasteiger partial charge in [-0.05, 0) is 37.5 Å². The molecule has 1 aliphatic heterocycles. The highest BCUT2D eigenvalue weighted by molar-refractivity contribution is 5.59. The van der Waals surface area contributed by atoms with Gasteiger partial charge in [-0.25, -0.2) is 13.5 Å². The molecule has 2 atom stereocenters. The minimum atomic E-state index is -0.893. The van der Waals surface area contributed by atoms with E-state index in [0.29, 0.717) is 24.3 Å². The Labute approximate surface area is 126 Å². The third kappa shape index (κ3) is 2.86. The van der Waals surface area contributed by atoms with Gasteiger partial charge in [0.1, 0.15) is 5.69 Å². The number of hydrogen-bond acceptors (Lipinski definition) is 4. The number of rotatable bonds is 3. The molecule has 1 aromatic heterocycles. The molecule has 0 radical (unpaired) electrons. The van der Waals surface area contributed by atoms with Gasteiger partial charge < -0.3 is 9.84 Å². The molecule has 1 saturated heterocycles. The maximum Gasteiger partial charge on any atom is 0.161 e. The smallest absolute Gasteiger partial charge is 0.161 e. The van der Waals surface area contributed by atoms with Crippen LogP contribution in [0.2, 0.25) is 0 Å². The number of halogens is 2. The molecule has 5 nitrogen and oxygen atoms in total. The van der Waals surface area contributed by atoms with Crippen molar-refractivity contribution < 1.29 is 18.6 Å². The van der Waals surface area contributed by atoms with Crippen LogP contribution in [0.3, 0.4) is 0 Å². The van der Waals surface area contributed by atoms with E-state index < -0.39 is 11.6 Å². The molecule has 0 spiro atoms. The zero-order valence-corrected chi connectivity index (χ0v) is 12.2. The second kappa shape index (κ2) is 6.10. The first-order chi connectivity index (χ1) is 10.6. The minimum Gasteiger partial charge on any atom is -0.394 e. The lowest BCUT2D eigenvalue weighted by molar-refractivity contribution is -0.0367. The summed E-state index contributed by atoms with van der Waals surface area (Å²) in [6.07, 6.45) is 2.94. The zero-order chi connectivity index (χ0) is 15.7. The van der Waals surface area contributed by atoms with Crippen molar-refractivity contribution in [2.45, 2.75) is 31.9 Å². The summed E-state index contributed by atoms with van der Waals surface area (Å²) in [5.74, 6) is -1.73. The molecule has 0 saturated carbocycles. The van der Waals surface area contributed by atoms with Gasteiger partial charge in [0.05, 0.1) is 24.9 Å². The van der Waals surface area contributed by atoms with E-state index in [0.717, 1.165) is 12.5 Å². The Hall–Kier alpha value is -1.86. The van der Waals surface area contributed by atoms with Gasteiger partial charge in [0.25, 0.3) is 0 Å². The predicted octanol–water partition coefficient (Wildman–Crippen LogP) is 2.24. The Morgan fingerprint density at radius 1 is 1.41 bits per heavy atom. The third-order valence-electron chi connectivity index (χ3n) is 3.93. The number of aromatic nitrogens is 3. The van der Waals surface area contributed by atoms with E-state index in [1.807, 2.05) is 0 Å². The number of nitrogens with zero attached hydrogens (tertiary/aromatic N) is 3. The largest absolute Gasteiger partial charge is 0.394 e. The molecule has 1 fully saturated rings. The van der Waals surface area contributed by atoms with E-state index >= 15 is 0 Å². The van der Waals surface area contributed by atoms with E-state index in [4.69, 9.17) is 4.74 Å². The third-order valence-corrected chi connectivity index (χ3v) is 3.93. The van der Waals surface area contributed by atoms with Gasteiger partial charge in [0.2, 0.25) is 0 Å². The average molecular weight is 309 g/mol. The highest BCUT2D eigenvalue weighted by Gasteiger charge is 2.24. The summed E-state index contributed by atoms with van der Waals surface area (Å²) >= 11 is 0. The quantitative estimate of drug-likeness (QED) is 0.944. The van der Waals surface area contributed by atoms with Gasteiger partial charge in [0.15, 0.2) is 11.6 Å². The Morgan fingerprint density at radius 3 is 2.95 bits per heavy atom. The van der Waals surface area contributed by atoms with Crippen molar-refractivity contribution in [3.05, 3.63) is 35.5 Å². The van der Waals surface area contributed by atoms with E-state index in [-0.39, 0.29) is 24.3 Å². The van der Waals surface area contributed by atoms with Gasteiger partial charge in [-0.2, -0.15) is 0 Å². The fourth-order valence-corrected chi connectivity index (χ4v) is 2.69. The molecule has 0 amide bonds. The molecule has 22 heavy (non-hydrogen) atoms. The summed E-state index contributed by atoms with van der Waals surface area (Å²) in [6.45, 7) is 2.03. The van der Waals surface area contributed by atoms with Crippen molar-refractivity contribution in [3.8, 4) is 11.3 Å². The van der Waals surface area contributed by atoms with Gasteiger partial charge in [-0.3, -0.25) is 0 Å². The molecular weight excluding hydrogens is 292 g/mol. The SMILES string of the molecule is Cc1cc(-c2cn(C3CCOC(CO)C3)nn2)cc(F)c1F. The Kier molecular flexibility index (Phi) is 4.17. The van der Waals surface area contributed by atoms with Gasteiger partial charge in [-0.1, -0.05) is 5.21 Å². The first-order valence-electron chi connectivity index (χ1n) is 7.18. The Bertz CT molecular complexity index is 652. The first kappa shape index (κ1) is 15.1. The van der Waals surface area contributed by atoms with Crippen molar-refractivity contribution >= 4 is 0 Å². The second-order valence-electron chi connectivity index (χ2n) is 5.53. The van der Waals surface area contributed by atoms with E-state index in [1.165, 1.54) is 6.92 Å². The molecule has 0 bridgehead atoms. The summed E-state index contributed by atoms with van der Waals surface area (Å²) in [7, 11) is 0. The monoisotopic (exact) mass is 309 g/mol. The van der Waals surface area contributed by atoms with Crippen LogP contribution in [0, 0.1) is 18.6 Å². The van der Waals surface area contributed by atoms with Crippen molar-refractivity contribution in [2.75, 3.05) is 13.2 Å². The molecule has 7 heteroatoms. The summed E-state index contributed by atoms with van der Waals surface area (Å²) in [6, 6.07) is 2.75. The Balaban J connectivity index is 1.85. The van der Waals surface area contributed by atoms with Crippen molar-refractivity contribution in [1.29, 1.82) is 0 Å². The molecule has 1 aliphatic rings. The van der Waals surface area contributed by atoms with Gasteiger partial charge in [0, 0.05) is 12.2 Å². The molecule has 0 aliphatic carbocycles. The van der Waals surface area contributed by atoms with Crippen LogP contribution in [0.5, 0.6) is 0 Å². The fourth-order valence-electron chi connectivity index (χ4n) is 2.69. The zero-order valence-electron chi connectivity index (χ0n) is 12.2. The maximum atomic E-state index is 13.5. The summed E-state index contributed by atoms with van der Waals surface area (Å²) < 4.78 is 34.0. The predicted molar refractivity (Wildman–Crippen MR) is 75.2 cm³/mol. The highest BCUT2D eigenvalue weighted by Crippen LogP contribution is 2.27. The lowest BCUT2D eigenvalue weighted by atomic mass is 10.0. The molecule has 2 aromatic rings. The first-order valence-corrected chi connectivity index (χ1v) is 7.18. The highest BCUT2D eigenvalue weighted by atomic mass is 19.2. The number of aliphatic hydroxyl groups excluding tert-OH is 1. The standard InChI is InChI=1S/C15H17F2N3O2/c1-9-4-10(5-13(16)15(9)17)14-7-20(19-18-14)11-2-3-22-12(6-11)8-21/h4-5,7,11-12,21H,2-3,6,8H2,1H3. The normalized spacial score (nSPS) is 22.0. The lowest BCUT2D eigenvalue weighted by Crippen LogP contribution is -2.30. The molecular formula is C15H17F2N3O2. The van der Waals surface area contributed by atoms with Gasteiger partial charge >= 0.3 is 0 Å². The molecule has 2 heterocycles. The van der Waals surface area contributed by atoms with Crippen LogP contribution < -0.4 is 0 Å². The molecule has 2 unspecified atom stereocenters. The van der Waals surface area contributed by atoms with E-state index in [1.54, 1.807) is 16.9 Å². The number of hydrogen-bond donors (Lipinski definition) is 1. The molecule has 118 valence electrons. The fraction of sp³-hybridized carbons (Fsp3) is 0.467. The summed E-state index contributed by atoms with van der Waals surface area (Å²) in [5, 5.41) is 17.3. The Morgan fingerprint density at radius 2 is 2.23 bits per heavy atom. The van der Waals surface area contributed by atoms with Crippen LogP contribution in [0.25, 0.3) is 11.3 Å².